The molecule has 0 aromatic rings. The molecule has 0 unspecified atom stereocenters. The zero-order valence-electron chi connectivity index (χ0n) is 8.84. The summed E-state index contributed by atoms with van der Waals surface area (Å²) in [4.78, 5) is 24.5. The molecule has 0 aliphatic heterocycles. The van der Waals surface area contributed by atoms with Crippen LogP contribution in [0.3, 0.4) is 0 Å². The van der Waals surface area contributed by atoms with Crippen molar-refractivity contribution in [3.63, 3.8) is 0 Å². The Morgan fingerprint density at radius 2 is 2.00 bits per heavy atom. The molecule has 0 spiro atoms. The largest absolute Gasteiger partial charge is 0.481 e. The SMILES string of the molecule is C[N+](C)(C)C[C@](O)(CC(=O)O)O[N+](=O)[O-]. The Morgan fingerprint density at radius 3 is 2.27 bits per heavy atom. The van der Waals surface area contributed by atoms with Gasteiger partial charge in [0, 0.05) is 0 Å². The van der Waals surface area contributed by atoms with Crippen molar-refractivity contribution in [3.8, 4) is 0 Å². The van der Waals surface area contributed by atoms with Crippen molar-refractivity contribution in [2.75, 3.05) is 27.7 Å². The van der Waals surface area contributed by atoms with E-state index in [1.54, 1.807) is 21.1 Å². The molecule has 0 aromatic carbocycles. The number of hydrogen-bond acceptors (Lipinski definition) is 5. The molecule has 0 saturated carbocycles. The average Bonchev–Trinajstić information content (AvgIpc) is 1.73. The summed E-state index contributed by atoms with van der Waals surface area (Å²) in [5.74, 6) is -3.67. The molecule has 15 heavy (non-hydrogen) atoms. The molecule has 0 bridgehead atoms. The van der Waals surface area contributed by atoms with Gasteiger partial charge in [-0.05, 0) is 0 Å². The minimum Gasteiger partial charge on any atom is -0.481 e. The van der Waals surface area contributed by atoms with Crippen molar-refractivity contribution in [1.82, 2.24) is 0 Å². The Bertz CT molecular complexity index is 243. The Labute approximate surface area is 86.4 Å². The molecule has 8 nitrogen and oxygen atoms in total. The van der Waals surface area contributed by atoms with Gasteiger partial charge in [0.25, 0.3) is 10.9 Å². The van der Waals surface area contributed by atoms with Crippen molar-refractivity contribution in [2.24, 2.45) is 0 Å². The molecule has 0 heterocycles. The van der Waals surface area contributed by atoms with Gasteiger partial charge in [-0.3, -0.25) is 9.63 Å². The maximum Gasteiger partial charge on any atom is 0.308 e. The van der Waals surface area contributed by atoms with Crippen molar-refractivity contribution in [2.45, 2.75) is 12.2 Å². The second-order valence-electron chi connectivity index (χ2n) is 4.28. The second-order valence-corrected chi connectivity index (χ2v) is 4.28. The number of likely N-dealkylation sites (N-methyl/N-ethyl adjacent to an activating group) is 1. The lowest BCUT2D eigenvalue weighted by molar-refractivity contribution is -0.900. The first-order valence-corrected chi connectivity index (χ1v) is 4.12. The fourth-order valence-electron chi connectivity index (χ4n) is 1.23. The van der Waals surface area contributed by atoms with Crippen molar-refractivity contribution >= 4 is 5.97 Å². The summed E-state index contributed by atoms with van der Waals surface area (Å²) in [7, 11) is 4.95. The van der Waals surface area contributed by atoms with Crippen LogP contribution in [-0.4, -0.2) is 59.2 Å². The summed E-state index contributed by atoms with van der Waals surface area (Å²) >= 11 is 0. The van der Waals surface area contributed by atoms with Crippen molar-refractivity contribution in [3.05, 3.63) is 10.1 Å². The van der Waals surface area contributed by atoms with Crippen molar-refractivity contribution < 1.29 is 29.4 Å². The second kappa shape index (κ2) is 4.41. The topological polar surface area (TPSA) is 110 Å². The van der Waals surface area contributed by atoms with Crippen molar-refractivity contribution in [1.29, 1.82) is 0 Å². The smallest absolute Gasteiger partial charge is 0.308 e. The van der Waals surface area contributed by atoms with Gasteiger partial charge in [0.2, 0.25) is 0 Å². The average molecular weight is 223 g/mol. The van der Waals surface area contributed by atoms with Crippen LogP contribution >= 0.6 is 0 Å². The number of carboxylic acids is 1. The quantitative estimate of drug-likeness (QED) is 0.260. The van der Waals surface area contributed by atoms with E-state index in [9.17, 15) is 20.0 Å². The van der Waals surface area contributed by atoms with Crippen LogP contribution < -0.4 is 0 Å². The molecule has 0 fully saturated rings. The molecule has 88 valence electrons. The first-order chi connectivity index (χ1) is 6.54. The van der Waals surface area contributed by atoms with E-state index in [1.807, 2.05) is 0 Å². The first-order valence-electron chi connectivity index (χ1n) is 4.12. The zero-order chi connectivity index (χ0) is 12.3. The summed E-state index contributed by atoms with van der Waals surface area (Å²) in [6.07, 6.45) is -0.844. The van der Waals surface area contributed by atoms with E-state index in [2.05, 4.69) is 4.84 Å². The van der Waals surface area contributed by atoms with Gasteiger partial charge in [-0.1, -0.05) is 0 Å². The van der Waals surface area contributed by atoms with Crippen LogP contribution in [0.4, 0.5) is 0 Å². The number of aliphatic carboxylic acids is 1. The Hall–Kier alpha value is -1.41. The number of quaternary nitrogens is 1. The molecular formula is C7H15N2O6+. The number of carbonyl (C=O) groups is 1. The van der Waals surface area contributed by atoms with E-state index < -0.39 is 23.3 Å². The molecular weight excluding hydrogens is 208 g/mol. The van der Waals surface area contributed by atoms with E-state index in [-0.39, 0.29) is 11.0 Å². The normalized spacial score (nSPS) is 15.5. The maximum atomic E-state index is 10.4. The molecule has 0 aliphatic carbocycles. The number of carboxylic acid groups (broad SMARTS) is 1. The van der Waals surface area contributed by atoms with Gasteiger partial charge in [-0.2, -0.15) is 0 Å². The molecule has 1 atom stereocenters. The summed E-state index contributed by atoms with van der Waals surface area (Å²) in [6, 6.07) is 0. The van der Waals surface area contributed by atoms with Crippen LogP contribution in [-0.2, 0) is 9.63 Å². The molecule has 0 saturated heterocycles. The summed E-state index contributed by atoms with van der Waals surface area (Å²) < 4.78 is 0.137. The third-order valence-corrected chi connectivity index (χ3v) is 1.39. The highest BCUT2D eigenvalue weighted by atomic mass is 17.0. The minimum absolute atomic E-state index is 0.137. The number of nitrogens with zero attached hydrogens (tertiary/aromatic N) is 2. The fourth-order valence-corrected chi connectivity index (χ4v) is 1.23. The predicted molar refractivity (Wildman–Crippen MR) is 48.2 cm³/mol. The van der Waals surface area contributed by atoms with E-state index in [0.717, 1.165) is 0 Å². The van der Waals surface area contributed by atoms with Crippen LogP contribution in [0.1, 0.15) is 6.42 Å². The monoisotopic (exact) mass is 223 g/mol. The molecule has 0 aliphatic rings. The molecule has 8 heteroatoms. The highest BCUT2D eigenvalue weighted by Crippen LogP contribution is 2.16. The molecule has 2 N–H and O–H groups in total. The van der Waals surface area contributed by atoms with Crippen LogP contribution in [0, 0.1) is 10.1 Å². The van der Waals surface area contributed by atoms with E-state index in [4.69, 9.17) is 5.11 Å². The molecule has 0 aromatic heterocycles. The lowest BCUT2D eigenvalue weighted by atomic mass is 10.1. The van der Waals surface area contributed by atoms with Crippen LogP contribution in [0.5, 0.6) is 0 Å². The molecule has 0 radical (unpaired) electrons. The van der Waals surface area contributed by atoms with Gasteiger partial charge >= 0.3 is 5.97 Å². The highest BCUT2D eigenvalue weighted by Gasteiger charge is 2.40. The Kier molecular flexibility index (Phi) is 3.99. The lowest BCUT2D eigenvalue weighted by Crippen LogP contribution is -2.52. The van der Waals surface area contributed by atoms with Gasteiger partial charge in [-0.25, -0.2) is 0 Å². The van der Waals surface area contributed by atoms with Gasteiger partial charge in [0.15, 0.2) is 0 Å². The lowest BCUT2D eigenvalue weighted by Gasteiger charge is -2.32. The maximum absolute atomic E-state index is 10.4. The first kappa shape index (κ1) is 13.6. The van der Waals surface area contributed by atoms with Crippen LogP contribution in [0.25, 0.3) is 0 Å². The zero-order valence-corrected chi connectivity index (χ0v) is 8.84. The molecule has 0 amide bonds. The molecule has 0 rings (SSSR count). The van der Waals surface area contributed by atoms with Gasteiger partial charge < -0.3 is 14.7 Å². The van der Waals surface area contributed by atoms with Crippen LogP contribution in [0.15, 0.2) is 0 Å². The van der Waals surface area contributed by atoms with E-state index in [1.165, 1.54) is 0 Å². The number of hydrogen-bond donors (Lipinski definition) is 2. The predicted octanol–water partition coefficient (Wildman–Crippen LogP) is -0.936. The fraction of sp³-hybridized carbons (Fsp3) is 0.857. The Morgan fingerprint density at radius 1 is 1.53 bits per heavy atom. The third-order valence-electron chi connectivity index (χ3n) is 1.39. The van der Waals surface area contributed by atoms with E-state index in [0.29, 0.717) is 0 Å². The number of rotatable bonds is 6. The highest BCUT2D eigenvalue weighted by molar-refractivity contribution is 5.67. The number of aliphatic hydroxyl groups is 1. The van der Waals surface area contributed by atoms with Crippen LogP contribution in [0.2, 0.25) is 0 Å². The summed E-state index contributed by atoms with van der Waals surface area (Å²) in [5, 5.41) is 27.0. The van der Waals surface area contributed by atoms with Gasteiger partial charge in [0.1, 0.15) is 13.0 Å². The van der Waals surface area contributed by atoms with Gasteiger partial charge in [0.05, 0.1) is 21.1 Å². The minimum atomic E-state index is -2.30. The standard InChI is InChI=1S/C7H14N2O6/c1-9(2,3)5-7(12,4-6(10)11)15-8(13)14/h12H,4-5H2,1-3H3/p+1/t7-/m0/s1. The summed E-state index contributed by atoms with van der Waals surface area (Å²) in [6.45, 7) is -0.208. The third kappa shape index (κ3) is 6.63. The van der Waals surface area contributed by atoms with E-state index >= 15 is 0 Å². The Balaban J connectivity index is 4.69. The van der Waals surface area contributed by atoms with Gasteiger partial charge in [-0.15, -0.1) is 10.1 Å². The summed E-state index contributed by atoms with van der Waals surface area (Å²) in [5.41, 5.74) is 0.